The monoisotopic (exact) mass is 270 g/mol. The molecule has 2 nitrogen and oxygen atoms in total. The van der Waals surface area contributed by atoms with Gasteiger partial charge in [0, 0.05) is 10.5 Å². The van der Waals surface area contributed by atoms with Crippen molar-refractivity contribution in [1.29, 1.82) is 0 Å². The van der Waals surface area contributed by atoms with E-state index in [1.807, 2.05) is 6.07 Å². The highest BCUT2D eigenvalue weighted by molar-refractivity contribution is 9.10. The number of nitrogens with zero attached hydrogens (tertiary/aromatic N) is 1. The van der Waals surface area contributed by atoms with E-state index in [0.29, 0.717) is 6.04 Å². The van der Waals surface area contributed by atoms with E-state index in [-0.39, 0.29) is 0 Å². The van der Waals surface area contributed by atoms with Crippen molar-refractivity contribution in [2.24, 2.45) is 5.73 Å². The van der Waals surface area contributed by atoms with Gasteiger partial charge < -0.3 is 5.73 Å². The Kier molecular flexibility index (Phi) is 5.29. The fraction of sp³-hybridized carbons (Fsp3) is 0.500. The number of nitrogens with two attached hydrogens (primary N) is 1. The Hall–Kier alpha value is -0.380. The van der Waals surface area contributed by atoms with Crippen molar-refractivity contribution in [2.75, 3.05) is 20.1 Å². The molecule has 2 N–H and O–H groups in total. The highest BCUT2D eigenvalue weighted by Gasteiger charge is 2.12. The summed E-state index contributed by atoms with van der Waals surface area (Å²) in [7, 11) is 2.14. The van der Waals surface area contributed by atoms with Gasteiger partial charge in [-0.15, -0.1) is 0 Å². The summed E-state index contributed by atoms with van der Waals surface area (Å²) in [5.41, 5.74) is 6.84. The summed E-state index contributed by atoms with van der Waals surface area (Å²) in [5.74, 6) is 0. The second-order valence-electron chi connectivity index (χ2n) is 3.82. The minimum Gasteiger partial charge on any atom is -0.330 e. The van der Waals surface area contributed by atoms with Gasteiger partial charge in [0.25, 0.3) is 0 Å². The van der Waals surface area contributed by atoms with Crippen molar-refractivity contribution in [3.05, 3.63) is 34.3 Å². The van der Waals surface area contributed by atoms with Crippen LogP contribution in [0.5, 0.6) is 0 Å². The molecule has 1 aromatic carbocycles. The molecule has 0 spiro atoms. The molecule has 0 aliphatic carbocycles. The third-order valence-electron chi connectivity index (χ3n) is 2.73. The predicted octanol–water partition coefficient (Wildman–Crippen LogP) is 2.79. The molecule has 3 heteroatoms. The molecule has 0 saturated carbocycles. The van der Waals surface area contributed by atoms with Crippen LogP contribution in [-0.4, -0.2) is 25.0 Å². The van der Waals surface area contributed by atoms with E-state index in [0.717, 1.165) is 19.5 Å². The van der Waals surface area contributed by atoms with Crippen LogP contribution < -0.4 is 5.73 Å². The number of hydrogen-bond donors (Lipinski definition) is 1. The lowest BCUT2D eigenvalue weighted by Gasteiger charge is -2.25. The Morgan fingerprint density at radius 1 is 1.40 bits per heavy atom. The zero-order valence-corrected chi connectivity index (χ0v) is 11.0. The molecule has 1 rings (SSSR count). The van der Waals surface area contributed by atoms with Gasteiger partial charge in [0.1, 0.15) is 0 Å². The molecule has 84 valence electrons. The van der Waals surface area contributed by atoms with Crippen molar-refractivity contribution in [2.45, 2.75) is 19.4 Å². The van der Waals surface area contributed by atoms with Gasteiger partial charge in [0.2, 0.25) is 0 Å². The first kappa shape index (κ1) is 12.7. The van der Waals surface area contributed by atoms with Crippen LogP contribution in [0.1, 0.15) is 24.9 Å². The highest BCUT2D eigenvalue weighted by atomic mass is 79.9. The third-order valence-corrected chi connectivity index (χ3v) is 3.45. The second-order valence-corrected chi connectivity index (χ2v) is 4.67. The molecule has 0 aliphatic rings. The summed E-state index contributed by atoms with van der Waals surface area (Å²) in [6.45, 7) is 4.02. The molecule has 15 heavy (non-hydrogen) atoms. The van der Waals surface area contributed by atoms with Crippen LogP contribution in [0.2, 0.25) is 0 Å². The molecule has 0 fully saturated rings. The summed E-state index contributed by atoms with van der Waals surface area (Å²) in [6.07, 6.45) is 1.05. The fourth-order valence-electron chi connectivity index (χ4n) is 1.59. The largest absolute Gasteiger partial charge is 0.330 e. The average molecular weight is 271 g/mol. The van der Waals surface area contributed by atoms with E-state index in [2.05, 4.69) is 53.0 Å². The molecule has 1 aromatic rings. The Morgan fingerprint density at radius 3 is 2.67 bits per heavy atom. The van der Waals surface area contributed by atoms with E-state index in [1.165, 1.54) is 10.0 Å². The van der Waals surface area contributed by atoms with E-state index in [4.69, 9.17) is 5.73 Å². The summed E-state index contributed by atoms with van der Waals surface area (Å²) < 4.78 is 1.18. The topological polar surface area (TPSA) is 29.3 Å². The smallest absolute Gasteiger partial charge is 0.0328 e. The minimum atomic E-state index is 0.423. The first-order valence-electron chi connectivity index (χ1n) is 5.31. The highest BCUT2D eigenvalue weighted by Crippen LogP contribution is 2.26. The van der Waals surface area contributed by atoms with Gasteiger partial charge in [0.05, 0.1) is 0 Å². The second kappa shape index (κ2) is 6.26. The van der Waals surface area contributed by atoms with Gasteiger partial charge in [-0.3, -0.25) is 4.90 Å². The van der Waals surface area contributed by atoms with Crippen LogP contribution in [0.4, 0.5) is 0 Å². The first-order chi connectivity index (χ1) is 7.16. The van der Waals surface area contributed by atoms with Gasteiger partial charge in [-0.25, -0.2) is 0 Å². The summed E-state index contributed by atoms with van der Waals surface area (Å²) in [5, 5.41) is 0. The van der Waals surface area contributed by atoms with E-state index < -0.39 is 0 Å². The summed E-state index contributed by atoms with van der Waals surface area (Å²) >= 11 is 3.58. The normalized spacial score (nSPS) is 13.1. The molecule has 1 unspecified atom stereocenters. The molecule has 0 heterocycles. The maximum atomic E-state index is 5.51. The maximum absolute atomic E-state index is 5.51. The maximum Gasteiger partial charge on any atom is 0.0328 e. The quantitative estimate of drug-likeness (QED) is 0.892. The number of rotatable bonds is 5. The molecule has 0 bridgehead atoms. The summed E-state index contributed by atoms with van der Waals surface area (Å²) in [4.78, 5) is 2.33. The molecule has 1 atom stereocenters. The van der Waals surface area contributed by atoms with Crippen LogP contribution in [0.15, 0.2) is 28.7 Å². The van der Waals surface area contributed by atoms with Crippen LogP contribution in [-0.2, 0) is 0 Å². The lowest BCUT2D eigenvalue weighted by molar-refractivity contribution is 0.259. The molecule has 0 aliphatic heterocycles. The molecular weight excluding hydrogens is 252 g/mol. The number of hydrogen-bond acceptors (Lipinski definition) is 2. The molecular formula is C12H19BrN2. The van der Waals surface area contributed by atoms with Gasteiger partial charge in [0.15, 0.2) is 0 Å². The van der Waals surface area contributed by atoms with Crippen molar-refractivity contribution >= 4 is 15.9 Å². The van der Waals surface area contributed by atoms with Crippen molar-refractivity contribution in [3.8, 4) is 0 Å². The van der Waals surface area contributed by atoms with Crippen molar-refractivity contribution in [1.82, 2.24) is 4.90 Å². The van der Waals surface area contributed by atoms with Crippen LogP contribution in [0.3, 0.4) is 0 Å². The van der Waals surface area contributed by atoms with Gasteiger partial charge in [-0.05, 0) is 45.1 Å². The Morgan fingerprint density at radius 2 is 2.07 bits per heavy atom. The summed E-state index contributed by atoms with van der Waals surface area (Å²) in [6, 6.07) is 8.79. The molecule has 0 aromatic heterocycles. The average Bonchev–Trinajstić information content (AvgIpc) is 2.25. The Labute approximate surface area is 101 Å². The zero-order chi connectivity index (χ0) is 11.3. The molecule has 0 saturated heterocycles. The lowest BCUT2D eigenvalue weighted by Crippen LogP contribution is -2.25. The van der Waals surface area contributed by atoms with Gasteiger partial charge in [-0.2, -0.15) is 0 Å². The van der Waals surface area contributed by atoms with Gasteiger partial charge in [-0.1, -0.05) is 34.1 Å². The lowest BCUT2D eigenvalue weighted by atomic mass is 10.1. The molecule has 0 radical (unpaired) electrons. The first-order valence-corrected chi connectivity index (χ1v) is 6.11. The number of halogens is 1. The minimum absolute atomic E-state index is 0.423. The SMILES string of the molecule is CC(c1ccccc1Br)N(C)CCCN. The third kappa shape index (κ3) is 3.59. The predicted molar refractivity (Wildman–Crippen MR) is 68.9 cm³/mol. The van der Waals surface area contributed by atoms with Crippen molar-refractivity contribution < 1.29 is 0 Å². The number of benzene rings is 1. The van der Waals surface area contributed by atoms with E-state index in [1.54, 1.807) is 0 Å². The Bertz CT molecular complexity index is 301. The van der Waals surface area contributed by atoms with Crippen LogP contribution >= 0.6 is 15.9 Å². The zero-order valence-electron chi connectivity index (χ0n) is 9.41. The van der Waals surface area contributed by atoms with Crippen LogP contribution in [0, 0.1) is 0 Å². The van der Waals surface area contributed by atoms with E-state index >= 15 is 0 Å². The van der Waals surface area contributed by atoms with Crippen LogP contribution in [0.25, 0.3) is 0 Å². The van der Waals surface area contributed by atoms with Crippen molar-refractivity contribution in [3.63, 3.8) is 0 Å². The van der Waals surface area contributed by atoms with Gasteiger partial charge >= 0.3 is 0 Å². The molecule has 0 amide bonds. The standard InChI is InChI=1S/C12H19BrN2/c1-10(15(2)9-5-8-14)11-6-3-4-7-12(11)13/h3-4,6-7,10H,5,8-9,14H2,1-2H3. The van der Waals surface area contributed by atoms with E-state index in [9.17, 15) is 0 Å². The Balaban J connectivity index is 2.67. The fourth-order valence-corrected chi connectivity index (χ4v) is 2.20.